The molecule has 0 saturated carbocycles. The maximum Gasteiger partial charge on any atom is 0.119 e. The molecule has 0 heterocycles. The minimum atomic E-state index is -1.16. The van der Waals surface area contributed by atoms with E-state index in [0.29, 0.717) is 11.4 Å². The van der Waals surface area contributed by atoms with Gasteiger partial charge in [0.15, 0.2) is 0 Å². The van der Waals surface area contributed by atoms with Gasteiger partial charge in [-0.05, 0) is 44.5 Å². The van der Waals surface area contributed by atoms with Gasteiger partial charge in [-0.1, -0.05) is 0 Å². The highest BCUT2D eigenvalue weighted by atomic mass is 16.5. The van der Waals surface area contributed by atoms with E-state index >= 15 is 0 Å². The summed E-state index contributed by atoms with van der Waals surface area (Å²) in [7, 11) is 0. The van der Waals surface area contributed by atoms with E-state index in [1.54, 1.807) is 18.2 Å². The molecule has 0 aromatic heterocycles. The molecule has 4 heteroatoms. The number of hydrogen-bond donors (Lipinski definition) is 3. The average molecular weight is 225 g/mol. The molecular formula is C12H19NO3. The van der Waals surface area contributed by atoms with Crippen LogP contribution in [-0.2, 0) is 0 Å². The molecule has 0 aliphatic carbocycles. The molecule has 1 unspecified atom stereocenters. The van der Waals surface area contributed by atoms with Gasteiger partial charge in [0.25, 0.3) is 0 Å². The van der Waals surface area contributed by atoms with Crippen LogP contribution in [0, 0.1) is 6.92 Å². The largest absolute Gasteiger partial charge is 0.491 e. The van der Waals surface area contributed by atoms with E-state index in [0.717, 1.165) is 5.56 Å². The van der Waals surface area contributed by atoms with Crippen LogP contribution >= 0.6 is 0 Å². The number of nitrogen functional groups attached to an aromatic ring is 1. The van der Waals surface area contributed by atoms with Crippen molar-refractivity contribution in [2.24, 2.45) is 0 Å². The van der Waals surface area contributed by atoms with E-state index in [4.69, 9.17) is 10.5 Å². The van der Waals surface area contributed by atoms with Crippen LogP contribution in [0.2, 0.25) is 0 Å². The van der Waals surface area contributed by atoms with Crippen LogP contribution in [0.15, 0.2) is 18.2 Å². The molecule has 0 fully saturated rings. The van der Waals surface area contributed by atoms with E-state index in [9.17, 15) is 10.2 Å². The molecule has 16 heavy (non-hydrogen) atoms. The molecule has 0 aliphatic rings. The molecular weight excluding hydrogens is 206 g/mol. The van der Waals surface area contributed by atoms with Crippen LogP contribution in [0.5, 0.6) is 5.75 Å². The van der Waals surface area contributed by atoms with Crippen molar-refractivity contribution in [1.82, 2.24) is 0 Å². The molecule has 0 radical (unpaired) electrons. The molecule has 1 aromatic carbocycles. The van der Waals surface area contributed by atoms with Crippen LogP contribution in [0.3, 0.4) is 0 Å². The third-order valence-electron chi connectivity index (χ3n) is 2.46. The Kier molecular flexibility index (Phi) is 3.78. The zero-order valence-corrected chi connectivity index (χ0v) is 9.90. The SMILES string of the molecule is Cc1cc(OCC(O)C(C)(C)O)ccc1N. The molecule has 1 rings (SSSR count). The summed E-state index contributed by atoms with van der Waals surface area (Å²) < 4.78 is 5.36. The second kappa shape index (κ2) is 4.72. The molecule has 90 valence electrons. The third kappa shape index (κ3) is 3.40. The summed E-state index contributed by atoms with van der Waals surface area (Å²) >= 11 is 0. The second-order valence-corrected chi connectivity index (χ2v) is 4.50. The maximum absolute atomic E-state index is 9.57. The normalized spacial score (nSPS) is 13.6. The van der Waals surface area contributed by atoms with Crippen molar-refractivity contribution in [2.45, 2.75) is 32.5 Å². The first-order chi connectivity index (χ1) is 7.30. The predicted octanol–water partition coefficient (Wildman–Crippen LogP) is 1.09. The van der Waals surface area contributed by atoms with Gasteiger partial charge in [-0.2, -0.15) is 0 Å². The molecule has 0 saturated heterocycles. The molecule has 4 nitrogen and oxygen atoms in total. The molecule has 0 spiro atoms. The standard InChI is InChI=1S/C12H19NO3/c1-8-6-9(4-5-10(8)13)16-7-11(14)12(2,3)15/h4-6,11,14-15H,7,13H2,1-3H3. The van der Waals surface area contributed by atoms with Crippen LogP contribution < -0.4 is 10.5 Å². The Labute approximate surface area is 95.7 Å². The summed E-state index contributed by atoms with van der Waals surface area (Å²) in [6.07, 6.45) is -0.926. The maximum atomic E-state index is 9.57. The minimum Gasteiger partial charge on any atom is -0.491 e. The van der Waals surface area contributed by atoms with E-state index in [1.807, 2.05) is 6.92 Å². The fraction of sp³-hybridized carbons (Fsp3) is 0.500. The predicted molar refractivity (Wildman–Crippen MR) is 63.4 cm³/mol. The molecule has 4 N–H and O–H groups in total. The second-order valence-electron chi connectivity index (χ2n) is 4.50. The highest BCUT2D eigenvalue weighted by molar-refractivity contribution is 5.49. The monoisotopic (exact) mass is 225 g/mol. The quantitative estimate of drug-likeness (QED) is 0.670. The smallest absolute Gasteiger partial charge is 0.119 e. The molecule has 1 atom stereocenters. The van der Waals surface area contributed by atoms with Crippen LogP contribution in [0.25, 0.3) is 0 Å². The van der Waals surface area contributed by atoms with Crippen LogP contribution in [0.4, 0.5) is 5.69 Å². The molecule has 0 bridgehead atoms. The zero-order chi connectivity index (χ0) is 12.3. The van der Waals surface area contributed by atoms with Crippen molar-refractivity contribution in [2.75, 3.05) is 12.3 Å². The Hall–Kier alpha value is -1.26. The summed E-state index contributed by atoms with van der Waals surface area (Å²) in [6, 6.07) is 5.28. The number of aryl methyl sites for hydroxylation is 1. The average Bonchev–Trinajstić information content (AvgIpc) is 2.18. The van der Waals surface area contributed by atoms with Gasteiger partial charge in [-0.15, -0.1) is 0 Å². The highest BCUT2D eigenvalue weighted by Crippen LogP contribution is 2.19. The summed E-state index contributed by atoms with van der Waals surface area (Å²) in [4.78, 5) is 0. The van der Waals surface area contributed by atoms with Crippen molar-refractivity contribution in [3.63, 3.8) is 0 Å². The Morgan fingerprint density at radius 2 is 2.06 bits per heavy atom. The number of aliphatic hydroxyl groups excluding tert-OH is 1. The van der Waals surface area contributed by atoms with Crippen LogP contribution in [0.1, 0.15) is 19.4 Å². The summed E-state index contributed by atoms with van der Waals surface area (Å²) in [6.45, 7) is 5.01. The Balaban J connectivity index is 2.58. The topological polar surface area (TPSA) is 75.7 Å². The number of anilines is 1. The van der Waals surface area contributed by atoms with Crippen molar-refractivity contribution >= 4 is 5.69 Å². The lowest BCUT2D eigenvalue weighted by atomic mass is 10.0. The lowest BCUT2D eigenvalue weighted by molar-refractivity contribution is -0.0661. The van der Waals surface area contributed by atoms with E-state index in [1.165, 1.54) is 13.8 Å². The summed E-state index contributed by atoms with van der Waals surface area (Å²) in [5.41, 5.74) is 6.14. The van der Waals surface area contributed by atoms with Crippen molar-refractivity contribution in [1.29, 1.82) is 0 Å². The van der Waals surface area contributed by atoms with Crippen molar-refractivity contribution < 1.29 is 14.9 Å². The van der Waals surface area contributed by atoms with Gasteiger partial charge in [0.05, 0.1) is 5.60 Å². The Morgan fingerprint density at radius 1 is 1.44 bits per heavy atom. The number of hydrogen-bond acceptors (Lipinski definition) is 4. The van der Waals surface area contributed by atoms with Gasteiger partial charge in [0.2, 0.25) is 0 Å². The lowest BCUT2D eigenvalue weighted by Gasteiger charge is -2.24. The minimum absolute atomic E-state index is 0.0485. The van der Waals surface area contributed by atoms with Gasteiger partial charge >= 0.3 is 0 Å². The molecule has 0 aliphatic heterocycles. The zero-order valence-electron chi connectivity index (χ0n) is 9.90. The summed E-state index contributed by atoms with van der Waals surface area (Å²) in [5, 5.41) is 19.1. The number of ether oxygens (including phenoxy) is 1. The molecule has 0 amide bonds. The number of aliphatic hydroxyl groups is 2. The first-order valence-corrected chi connectivity index (χ1v) is 5.20. The van der Waals surface area contributed by atoms with Gasteiger partial charge in [0, 0.05) is 5.69 Å². The van der Waals surface area contributed by atoms with Crippen LogP contribution in [-0.4, -0.2) is 28.5 Å². The fourth-order valence-electron chi connectivity index (χ4n) is 1.12. The van der Waals surface area contributed by atoms with Gasteiger partial charge in [-0.25, -0.2) is 0 Å². The van der Waals surface area contributed by atoms with Gasteiger partial charge in [0.1, 0.15) is 18.5 Å². The van der Waals surface area contributed by atoms with E-state index in [2.05, 4.69) is 0 Å². The van der Waals surface area contributed by atoms with E-state index in [-0.39, 0.29) is 6.61 Å². The van der Waals surface area contributed by atoms with Gasteiger partial charge < -0.3 is 20.7 Å². The Morgan fingerprint density at radius 3 is 2.56 bits per heavy atom. The number of nitrogens with two attached hydrogens (primary N) is 1. The van der Waals surface area contributed by atoms with Crippen molar-refractivity contribution in [3.05, 3.63) is 23.8 Å². The molecule has 1 aromatic rings. The first-order valence-electron chi connectivity index (χ1n) is 5.20. The third-order valence-corrected chi connectivity index (χ3v) is 2.46. The fourth-order valence-corrected chi connectivity index (χ4v) is 1.12. The Bertz CT molecular complexity index is 358. The highest BCUT2D eigenvalue weighted by Gasteiger charge is 2.24. The summed E-state index contributed by atoms with van der Waals surface area (Å²) in [5.74, 6) is 0.634. The van der Waals surface area contributed by atoms with Crippen molar-refractivity contribution in [3.8, 4) is 5.75 Å². The lowest BCUT2D eigenvalue weighted by Crippen LogP contribution is -2.40. The van der Waals surface area contributed by atoms with E-state index < -0.39 is 11.7 Å². The number of rotatable bonds is 4. The number of benzene rings is 1. The van der Waals surface area contributed by atoms with Gasteiger partial charge in [-0.3, -0.25) is 0 Å². The first kappa shape index (κ1) is 12.8.